The number of rotatable bonds is 2. The molecule has 2 aromatic rings. The summed E-state index contributed by atoms with van der Waals surface area (Å²) in [6.45, 7) is 0. The van der Waals surface area contributed by atoms with Crippen LogP contribution in [0.2, 0.25) is 0 Å². The molecular weight excluding hydrogens is 272 g/mol. The highest BCUT2D eigenvalue weighted by molar-refractivity contribution is 5.56. The SMILES string of the molecule is N#CC=Cc1ccc(O)c(O)c1.O=[N+]([O-])c1ccccc1. The molecule has 0 saturated carbocycles. The second-order valence-corrected chi connectivity index (χ2v) is 3.80. The van der Waals surface area contributed by atoms with E-state index in [0.717, 1.165) is 0 Å². The van der Waals surface area contributed by atoms with Crippen molar-refractivity contribution >= 4 is 11.8 Å². The van der Waals surface area contributed by atoms with Gasteiger partial charge in [-0.1, -0.05) is 24.3 Å². The van der Waals surface area contributed by atoms with Crippen molar-refractivity contribution in [2.75, 3.05) is 0 Å². The van der Waals surface area contributed by atoms with E-state index in [0.29, 0.717) is 5.56 Å². The lowest BCUT2D eigenvalue weighted by Crippen LogP contribution is -1.84. The van der Waals surface area contributed by atoms with E-state index in [-0.39, 0.29) is 17.2 Å². The van der Waals surface area contributed by atoms with E-state index in [1.807, 2.05) is 6.07 Å². The Hall–Kier alpha value is -3.33. The number of nitro benzene ring substituents is 1. The van der Waals surface area contributed by atoms with Gasteiger partial charge in [-0.25, -0.2) is 0 Å². The van der Waals surface area contributed by atoms with Crippen molar-refractivity contribution in [2.45, 2.75) is 0 Å². The molecule has 6 nitrogen and oxygen atoms in total. The third-order valence-electron chi connectivity index (χ3n) is 2.32. The number of hydrogen-bond donors (Lipinski definition) is 2. The zero-order valence-corrected chi connectivity index (χ0v) is 10.9. The Morgan fingerprint density at radius 3 is 2.24 bits per heavy atom. The first-order valence-corrected chi connectivity index (χ1v) is 5.82. The third kappa shape index (κ3) is 5.44. The molecule has 0 radical (unpaired) electrons. The Labute approximate surface area is 121 Å². The fraction of sp³-hybridized carbons (Fsp3) is 0. The van der Waals surface area contributed by atoms with Crippen molar-refractivity contribution in [3.05, 3.63) is 70.3 Å². The number of nitriles is 1. The minimum absolute atomic E-state index is 0.137. The van der Waals surface area contributed by atoms with Crippen molar-refractivity contribution in [2.24, 2.45) is 0 Å². The van der Waals surface area contributed by atoms with Gasteiger partial charge in [-0.3, -0.25) is 10.1 Å². The lowest BCUT2D eigenvalue weighted by molar-refractivity contribution is -0.384. The minimum Gasteiger partial charge on any atom is -0.504 e. The predicted octanol–water partition coefficient (Wildman–Crippen LogP) is 3.23. The Bertz CT molecular complexity index is 676. The average molecular weight is 284 g/mol. The van der Waals surface area contributed by atoms with Crippen LogP contribution in [0.5, 0.6) is 11.5 Å². The number of hydrogen-bond acceptors (Lipinski definition) is 5. The van der Waals surface area contributed by atoms with Crippen molar-refractivity contribution in [1.82, 2.24) is 0 Å². The van der Waals surface area contributed by atoms with Crippen molar-refractivity contribution in [3.63, 3.8) is 0 Å². The first kappa shape index (κ1) is 15.7. The van der Waals surface area contributed by atoms with Crippen LogP contribution in [0.4, 0.5) is 5.69 Å². The van der Waals surface area contributed by atoms with Gasteiger partial charge in [0.25, 0.3) is 5.69 Å². The quantitative estimate of drug-likeness (QED) is 0.381. The summed E-state index contributed by atoms with van der Waals surface area (Å²) < 4.78 is 0. The minimum atomic E-state index is -0.417. The van der Waals surface area contributed by atoms with Gasteiger partial charge in [0.2, 0.25) is 0 Å². The fourth-order valence-corrected chi connectivity index (χ4v) is 1.33. The summed E-state index contributed by atoms with van der Waals surface area (Å²) in [7, 11) is 0. The average Bonchev–Trinajstić information content (AvgIpc) is 2.50. The van der Waals surface area contributed by atoms with Gasteiger partial charge in [0.15, 0.2) is 11.5 Å². The molecule has 2 aromatic carbocycles. The van der Waals surface area contributed by atoms with Gasteiger partial charge in [0.05, 0.1) is 11.0 Å². The summed E-state index contributed by atoms with van der Waals surface area (Å²) in [4.78, 5) is 9.59. The number of aromatic hydroxyl groups is 2. The molecule has 106 valence electrons. The molecule has 21 heavy (non-hydrogen) atoms. The molecule has 6 heteroatoms. The van der Waals surface area contributed by atoms with E-state index in [9.17, 15) is 10.1 Å². The molecule has 0 aliphatic carbocycles. The van der Waals surface area contributed by atoms with Gasteiger partial charge in [0, 0.05) is 18.2 Å². The predicted molar refractivity (Wildman–Crippen MR) is 77.5 cm³/mol. The molecule has 2 N–H and O–H groups in total. The van der Waals surface area contributed by atoms with Crippen molar-refractivity contribution in [3.8, 4) is 17.6 Å². The smallest absolute Gasteiger partial charge is 0.269 e. The lowest BCUT2D eigenvalue weighted by Gasteiger charge is -1.97. The Morgan fingerprint density at radius 2 is 1.76 bits per heavy atom. The number of benzene rings is 2. The van der Waals surface area contributed by atoms with Gasteiger partial charge >= 0.3 is 0 Å². The molecule has 0 heterocycles. The van der Waals surface area contributed by atoms with E-state index in [4.69, 9.17) is 15.5 Å². The number of para-hydroxylation sites is 1. The third-order valence-corrected chi connectivity index (χ3v) is 2.32. The fourth-order valence-electron chi connectivity index (χ4n) is 1.33. The molecular formula is C15H12N2O4. The number of nitrogens with zero attached hydrogens (tertiary/aromatic N) is 2. The highest BCUT2D eigenvalue weighted by atomic mass is 16.6. The monoisotopic (exact) mass is 284 g/mol. The first-order chi connectivity index (χ1) is 10.0. The number of allylic oxidation sites excluding steroid dienone is 1. The van der Waals surface area contributed by atoms with E-state index in [1.54, 1.807) is 30.3 Å². The summed E-state index contributed by atoms with van der Waals surface area (Å²) in [5.41, 5.74) is 0.810. The lowest BCUT2D eigenvalue weighted by atomic mass is 10.2. The summed E-state index contributed by atoms with van der Waals surface area (Å²) in [5, 5.41) is 36.2. The van der Waals surface area contributed by atoms with Crippen LogP contribution in [0.25, 0.3) is 6.08 Å². The van der Waals surface area contributed by atoms with E-state index in [2.05, 4.69) is 0 Å². The second-order valence-electron chi connectivity index (χ2n) is 3.80. The Balaban J connectivity index is 0.000000219. The van der Waals surface area contributed by atoms with Gasteiger partial charge in [-0.15, -0.1) is 0 Å². The van der Waals surface area contributed by atoms with E-state index < -0.39 is 4.92 Å². The van der Waals surface area contributed by atoms with E-state index >= 15 is 0 Å². The van der Waals surface area contributed by atoms with Gasteiger partial charge in [-0.05, 0) is 23.8 Å². The molecule has 0 amide bonds. The summed E-state index contributed by atoms with van der Waals surface area (Å²) in [6, 6.07) is 14.1. The van der Waals surface area contributed by atoms with Crippen LogP contribution in [-0.4, -0.2) is 15.1 Å². The van der Waals surface area contributed by atoms with Crippen LogP contribution in [0, 0.1) is 21.4 Å². The zero-order valence-electron chi connectivity index (χ0n) is 10.9. The van der Waals surface area contributed by atoms with Gasteiger partial charge < -0.3 is 10.2 Å². The normalized spacial score (nSPS) is 9.48. The van der Waals surface area contributed by atoms with Crippen LogP contribution in [-0.2, 0) is 0 Å². The molecule has 0 aliphatic heterocycles. The number of non-ortho nitro benzene ring substituents is 1. The first-order valence-electron chi connectivity index (χ1n) is 5.82. The molecule has 0 aliphatic rings. The van der Waals surface area contributed by atoms with Crippen LogP contribution in [0.15, 0.2) is 54.6 Å². The molecule has 0 aromatic heterocycles. The topological polar surface area (TPSA) is 107 Å². The van der Waals surface area contributed by atoms with Crippen LogP contribution in [0.3, 0.4) is 0 Å². The molecule has 0 bridgehead atoms. The van der Waals surface area contributed by atoms with E-state index in [1.165, 1.54) is 30.3 Å². The molecule has 0 atom stereocenters. The van der Waals surface area contributed by atoms with Crippen molar-refractivity contribution in [1.29, 1.82) is 5.26 Å². The maximum atomic E-state index is 10.0. The Kier molecular flexibility index (Phi) is 5.96. The number of nitro groups is 1. The molecule has 0 unspecified atom stereocenters. The summed E-state index contributed by atoms with van der Waals surface area (Å²) in [5.74, 6) is -0.348. The zero-order chi connectivity index (χ0) is 15.7. The van der Waals surface area contributed by atoms with Gasteiger partial charge in [-0.2, -0.15) is 5.26 Å². The maximum Gasteiger partial charge on any atom is 0.269 e. The second kappa shape index (κ2) is 7.96. The Morgan fingerprint density at radius 1 is 1.10 bits per heavy atom. The largest absolute Gasteiger partial charge is 0.504 e. The van der Waals surface area contributed by atoms with Crippen molar-refractivity contribution < 1.29 is 15.1 Å². The van der Waals surface area contributed by atoms with Crippen LogP contribution in [0.1, 0.15) is 5.56 Å². The summed E-state index contributed by atoms with van der Waals surface area (Å²) in [6.07, 6.45) is 2.84. The standard InChI is InChI=1S/C9H7NO2.C6H5NO2/c10-5-1-2-7-3-4-8(11)9(12)6-7;8-7(9)6-4-2-1-3-5-6/h1-4,6,11-12H;1-5H. The number of phenolic OH excluding ortho intramolecular Hbond substituents is 2. The highest BCUT2D eigenvalue weighted by Gasteiger charge is 1.98. The number of phenols is 2. The molecule has 0 fully saturated rings. The maximum absolute atomic E-state index is 10.0. The summed E-state index contributed by atoms with van der Waals surface area (Å²) >= 11 is 0. The molecule has 0 spiro atoms. The highest BCUT2D eigenvalue weighted by Crippen LogP contribution is 2.25. The van der Waals surface area contributed by atoms with Crippen LogP contribution < -0.4 is 0 Å². The van der Waals surface area contributed by atoms with Gasteiger partial charge in [0.1, 0.15) is 0 Å². The molecule has 0 saturated heterocycles. The molecule has 2 rings (SSSR count). The van der Waals surface area contributed by atoms with Crippen LogP contribution >= 0.6 is 0 Å².